The minimum absolute atomic E-state index is 0.262. The van der Waals surface area contributed by atoms with Crippen molar-refractivity contribution < 1.29 is 5.11 Å². The van der Waals surface area contributed by atoms with Gasteiger partial charge in [-0.25, -0.2) is 0 Å². The summed E-state index contributed by atoms with van der Waals surface area (Å²) in [5.41, 5.74) is 0. The number of aliphatic hydroxyl groups excluding tert-OH is 1. The van der Waals surface area contributed by atoms with Gasteiger partial charge in [0, 0.05) is 19.6 Å². The lowest BCUT2D eigenvalue weighted by molar-refractivity contribution is 0.190. The Morgan fingerprint density at radius 2 is 1.43 bits per heavy atom. The second-order valence-corrected chi connectivity index (χ2v) is 3.87. The largest absolute Gasteiger partial charge is 0.395 e. The molecule has 0 aromatic rings. The summed E-state index contributed by atoms with van der Waals surface area (Å²) in [6.45, 7) is 10.1. The third kappa shape index (κ3) is 7.30. The molecular weight excluding hydrogens is 176 g/mol. The molecule has 0 spiro atoms. The smallest absolute Gasteiger partial charge is 0.0558 e. The summed E-state index contributed by atoms with van der Waals surface area (Å²) in [5.74, 6) is 0. The van der Waals surface area contributed by atoms with Crippen LogP contribution in [0.5, 0.6) is 0 Å². The van der Waals surface area contributed by atoms with Crippen molar-refractivity contribution in [3.8, 4) is 0 Å². The Morgan fingerprint density at radius 1 is 0.857 bits per heavy atom. The molecule has 0 bridgehead atoms. The van der Waals surface area contributed by atoms with Crippen LogP contribution in [0.15, 0.2) is 0 Å². The molecule has 3 heteroatoms. The molecule has 0 saturated heterocycles. The fourth-order valence-electron chi connectivity index (χ4n) is 1.56. The van der Waals surface area contributed by atoms with E-state index in [2.05, 4.69) is 30.7 Å². The molecule has 1 N–H and O–H groups in total. The van der Waals surface area contributed by atoms with Crippen molar-refractivity contribution in [2.45, 2.75) is 26.7 Å². The van der Waals surface area contributed by atoms with Crippen molar-refractivity contribution in [3.63, 3.8) is 0 Å². The summed E-state index contributed by atoms with van der Waals surface area (Å²) in [6, 6.07) is 0. The predicted octanol–water partition coefficient (Wildman–Crippen LogP) is 1.03. The van der Waals surface area contributed by atoms with Crippen LogP contribution in [0.1, 0.15) is 26.7 Å². The molecule has 0 aromatic heterocycles. The molecule has 0 unspecified atom stereocenters. The van der Waals surface area contributed by atoms with Crippen molar-refractivity contribution in [2.75, 3.05) is 46.4 Å². The highest BCUT2D eigenvalue weighted by molar-refractivity contribution is 4.59. The van der Waals surface area contributed by atoms with Gasteiger partial charge in [0.2, 0.25) is 0 Å². The lowest BCUT2D eigenvalue weighted by Gasteiger charge is -2.24. The van der Waals surface area contributed by atoms with Gasteiger partial charge in [-0.3, -0.25) is 0 Å². The van der Waals surface area contributed by atoms with Gasteiger partial charge in [0.15, 0.2) is 0 Å². The van der Waals surface area contributed by atoms with E-state index in [4.69, 9.17) is 5.11 Å². The highest BCUT2D eigenvalue weighted by Crippen LogP contribution is 1.94. The molecule has 86 valence electrons. The average Bonchev–Trinajstić information content (AvgIpc) is 2.15. The van der Waals surface area contributed by atoms with Gasteiger partial charge >= 0.3 is 0 Å². The summed E-state index contributed by atoms with van der Waals surface area (Å²) < 4.78 is 0. The quantitative estimate of drug-likeness (QED) is 0.605. The maximum atomic E-state index is 8.75. The van der Waals surface area contributed by atoms with E-state index in [9.17, 15) is 0 Å². The summed E-state index contributed by atoms with van der Waals surface area (Å²) in [6.07, 6.45) is 2.45. The maximum Gasteiger partial charge on any atom is 0.0558 e. The van der Waals surface area contributed by atoms with E-state index in [1.165, 1.54) is 25.9 Å². The van der Waals surface area contributed by atoms with Crippen molar-refractivity contribution in [1.82, 2.24) is 9.80 Å². The van der Waals surface area contributed by atoms with Crippen LogP contribution in [-0.2, 0) is 0 Å². The SMILES string of the molecule is CCCN(CCC)CCN(C)CCO. The summed E-state index contributed by atoms with van der Waals surface area (Å²) in [4.78, 5) is 4.67. The molecule has 0 rings (SSSR count). The van der Waals surface area contributed by atoms with Crippen LogP contribution in [0.4, 0.5) is 0 Å². The zero-order valence-electron chi connectivity index (χ0n) is 10.00. The minimum Gasteiger partial charge on any atom is -0.395 e. The standard InChI is InChI=1S/C11H26N2O/c1-4-6-13(7-5-2)9-8-12(3)10-11-14/h14H,4-11H2,1-3H3. The number of rotatable bonds is 9. The molecule has 0 fully saturated rings. The van der Waals surface area contributed by atoms with Gasteiger partial charge in [-0.05, 0) is 33.0 Å². The molecule has 14 heavy (non-hydrogen) atoms. The summed E-state index contributed by atoms with van der Waals surface area (Å²) in [5, 5.41) is 8.75. The fraction of sp³-hybridized carbons (Fsp3) is 1.00. The van der Waals surface area contributed by atoms with Crippen LogP contribution in [0, 0.1) is 0 Å². The van der Waals surface area contributed by atoms with Gasteiger partial charge in [0.1, 0.15) is 0 Å². The second-order valence-electron chi connectivity index (χ2n) is 3.87. The van der Waals surface area contributed by atoms with Crippen molar-refractivity contribution >= 4 is 0 Å². The number of hydrogen-bond donors (Lipinski definition) is 1. The first-order valence-electron chi connectivity index (χ1n) is 5.76. The predicted molar refractivity (Wildman–Crippen MR) is 61.6 cm³/mol. The van der Waals surface area contributed by atoms with Gasteiger partial charge in [0.05, 0.1) is 6.61 Å². The molecule has 0 amide bonds. The van der Waals surface area contributed by atoms with Gasteiger partial charge in [0.25, 0.3) is 0 Å². The molecule has 0 aromatic carbocycles. The normalized spacial score (nSPS) is 11.6. The van der Waals surface area contributed by atoms with Crippen LogP contribution in [-0.4, -0.2) is 61.3 Å². The molecular formula is C11H26N2O. The van der Waals surface area contributed by atoms with Gasteiger partial charge in [-0.1, -0.05) is 13.8 Å². The number of nitrogens with zero attached hydrogens (tertiary/aromatic N) is 2. The Labute approximate surface area is 88.7 Å². The van der Waals surface area contributed by atoms with Gasteiger partial charge in [-0.15, -0.1) is 0 Å². The Morgan fingerprint density at radius 3 is 1.86 bits per heavy atom. The molecule has 0 radical (unpaired) electrons. The highest BCUT2D eigenvalue weighted by atomic mass is 16.3. The van der Waals surface area contributed by atoms with Crippen LogP contribution in [0.2, 0.25) is 0 Å². The lowest BCUT2D eigenvalue weighted by atomic mass is 10.3. The third-order valence-corrected chi connectivity index (χ3v) is 2.36. The first-order valence-corrected chi connectivity index (χ1v) is 5.76. The molecule has 3 nitrogen and oxygen atoms in total. The zero-order valence-corrected chi connectivity index (χ0v) is 10.00. The number of aliphatic hydroxyl groups is 1. The Kier molecular flexibility index (Phi) is 9.35. The highest BCUT2D eigenvalue weighted by Gasteiger charge is 2.03. The molecule has 0 heterocycles. The second kappa shape index (κ2) is 9.44. The zero-order chi connectivity index (χ0) is 10.8. The molecule has 0 aliphatic carbocycles. The number of likely N-dealkylation sites (N-methyl/N-ethyl adjacent to an activating group) is 1. The van der Waals surface area contributed by atoms with E-state index in [-0.39, 0.29) is 6.61 Å². The van der Waals surface area contributed by atoms with E-state index in [0.29, 0.717) is 0 Å². The van der Waals surface area contributed by atoms with E-state index in [0.717, 1.165) is 19.6 Å². The molecule has 0 aliphatic heterocycles. The Balaban J connectivity index is 3.57. The van der Waals surface area contributed by atoms with Crippen molar-refractivity contribution in [2.24, 2.45) is 0 Å². The van der Waals surface area contributed by atoms with Crippen LogP contribution in [0.25, 0.3) is 0 Å². The number of hydrogen-bond acceptors (Lipinski definition) is 3. The Bertz CT molecular complexity index is 114. The summed E-state index contributed by atoms with van der Waals surface area (Å²) in [7, 11) is 2.06. The topological polar surface area (TPSA) is 26.7 Å². The monoisotopic (exact) mass is 202 g/mol. The van der Waals surface area contributed by atoms with Crippen LogP contribution < -0.4 is 0 Å². The first kappa shape index (κ1) is 13.9. The lowest BCUT2D eigenvalue weighted by Crippen LogP contribution is -2.35. The third-order valence-electron chi connectivity index (χ3n) is 2.36. The minimum atomic E-state index is 0.262. The first-order chi connectivity index (χ1) is 6.74. The molecule has 0 saturated carbocycles. The van der Waals surface area contributed by atoms with E-state index >= 15 is 0 Å². The molecule has 0 aliphatic rings. The maximum absolute atomic E-state index is 8.75. The van der Waals surface area contributed by atoms with E-state index in [1.54, 1.807) is 0 Å². The summed E-state index contributed by atoms with van der Waals surface area (Å²) >= 11 is 0. The van der Waals surface area contributed by atoms with Crippen molar-refractivity contribution in [1.29, 1.82) is 0 Å². The van der Waals surface area contributed by atoms with E-state index < -0.39 is 0 Å². The van der Waals surface area contributed by atoms with Crippen LogP contribution in [0.3, 0.4) is 0 Å². The molecule has 0 atom stereocenters. The van der Waals surface area contributed by atoms with Crippen LogP contribution >= 0.6 is 0 Å². The Hall–Kier alpha value is -0.120. The van der Waals surface area contributed by atoms with E-state index in [1.807, 2.05) is 0 Å². The van der Waals surface area contributed by atoms with Gasteiger partial charge in [-0.2, -0.15) is 0 Å². The fourth-order valence-corrected chi connectivity index (χ4v) is 1.56. The van der Waals surface area contributed by atoms with Crippen molar-refractivity contribution in [3.05, 3.63) is 0 Å². The van der Waals surface area contributed by atoms with Gasteiger partial charge < -0.3 is 14.9 Å². The average molecular weight is 202 g/mol.